The third-order valence-corrected chi connectivity index (χ3v) is 12.3. The molecule has 0 aromatic heterocycles. The number of carbonyl (C=O) groups is 3. The molecule has 0 amide bonds. The quantitative estimate of drug-likeness (QED) is 0.0262. The van der Waals surface area contributed by atoms with Crippen molar-refractivity contribution in [2.75, 3.05) is 13.2 Å². The van der Waals surface area contributed by atoms with Gasteiger partial charge in [-0.3, -0.25) is 14.4 Å². The second-order valence-corrected chi connectivity index (χ2v) is 18.5. The van der Waals surface area contributed by atoms with E-state index in [4.69, 9.17) is 14.2 Å². The Kier molecular flexibility index (Phi) is 49.3. The Morgan fingerprint density at radius 3 is 0.820 bits per heavy atom. The lowest BCUT2D eigenvalue weighted by molar-refractivity contribution is -0.167. The van der Waals surface area contributed by atoms with Gasteiger partial charge < -0.3 is 14.2 Å². The summed E-state index contributed by atoms with van der Waals surface area (Å²) in [6, 6.07) is 0. The molecule has 0 radical (unpaired) electrons. The fourth-order valence-electron chi connectivity index (χ4n) is 8.14. The molecule has 61 heavy (non-hydrogen) atoms. The largest absolute Gasteiger partial charge is 0.462 e. The van der Waals surface area contributed by atoms with Crippen molar-refractivity contribution in [3.8, 4) is 0 Å². The zero-order chi connectivity index (χ0) is 44.4. The number of esters is 3. The summed E-state index contributed by atoms with van der Waals surface area (Å²) in [6.07, 6.45) is 56.3. The third kappa shape index (κ3) is 49.0. The Balaban J connectivity index is 4.25. The SMILES string of the molecule is CCCCCCCCC/C=C\CCCCCCCC(=O)OC(COC(=O)CCCCCCCCCCC)COC(=O)CCCCCCCCCCCCCCCCCCCC. The van der Waals surface area contributed by atoms with E-state index in [2.05, 4.69) is 32.9 Å². The van der Waals surface area contributed by atoms with Crippen molar-refractivity contribution >= 4 is 17.9 Å². The summed E-state index contributed by atoms with van der Waals surface area (Å²) < 4.78 is 16.8. The molecule has 0 rings (SSSR count). The van der Waals surface area contributed by atoms with Crippen LogP contribution in [0.25, 0.3) is 0 Å². The van der Waals surface area contributed by atoms with Crippen LogP contribution in [-0.2, 0) is 28.6 Å². The van der Waals surface area contributed by atoms with Gasteiger partial charge in [0, 0.05) is 19.3 Å². The predicted molar refractivity (Wildman–Crippen MR) is 261 cm³/mol. The summed E-state index contributed by atoms with van der Waals surface area (Å²) in [6.45, 7) is 6.65. The zero-order valence-electron chi connectivity index (χ0n) is 41.2. The van der Waals surface area contributed by atoms with Gasteiger partial charge in [0.15, 0.2) is 6.10 Å². The predicted octanol–water partition coefficient (Wildman–Crippen LogP) is 17.8. The van der Waals surface area contributed by atoms with E-state index in [1.165, 1.54) is 199 Å². The Bertz CT molecular complexity index is 947. The van der Waals surface area contributed by atoms with Crippen molar-refractivity contribution in [3.63, 3.8) is 0 Å². The standard InChI is InChI=1S/C55H104O6/c1-4-7-10-13-16-19-21-23-25-27-28-30-31-33-36-39-42-45-48-54(57)60-51-52(50-59-53(56)47-44-41-38-35-18-15-12-9-6-3)61-55(58)49-46-43-40-37-34-32-29-26-24-22-20-17-14-11-8-5-2/h26,29,52H,4-25,27-28,30-51H2,1-3H3/b29-26-. The summed E-state index contributed by atoms with van der Waals surface area (Å²) in [7, 11) is 0. The van der Waals surface area contributed by atoms with Crippen molar-refractivity contribution in [1.29, 1.82) is 0 Å². The average Bonchev–Trinajstić information content (AvgIpc) is 3.26. The zero-order valence-corrected chi connectivity index (χ0v) is 41.2. The van der Waals surface area contributed by atoms with E-state index in [-0.39, 0.29) is 31.1 Å². The molecule has 0 aromatic rings. The number of hydrogen-bond acceptors (Lipinski definition) is 6. The van der Waals surface area contributed by atoms with Gasteiger partial charge >= 0.3 is 17.9 Å². The lowest BCUT2D eigenvalue weighted by Gasteiger charge is -2.18. The molecule has 0 heterocycles. The second kappa shape index (κ2) is 50.8. The topological polar surface area (TPSA) is 78.9 Å². The minimum absolute atomic E-state index is 0.0680. The molecule has 0 spiro atoms. The molecule has 0 saturated carbocycles. The maximum atomic E-state index is 12.8. The van der Waals surface area contributed by atoms with Crippen LogP contribution in [0.5, 0.6) is 0 Å². The molecule has 0 bridgehead atoms. The molecular formula is C55H104O6. The lowest BCUT2D eigenvalue weighted by atomic mass is 10.0. The molecule has 1 atom stereocenters. The van der Waals surface area contributed by atoms with Crippen molar-refractivity contribution in [3.05, 3.63) is 12.2 Å². The van der Waals surface area contributed by atoms with Crippen LogP contribution in [-0.4, -0.2) is 37.2 Å². The van der Waals surface area contributed by atoms with Gasteiger partial charge in [-0.25, -0.2) is 0 Å². The van der Waals surface area contributed by atoms with E-state index in [0.29, 0.717) is 19.3 Å². The van der Waals surface area contributed by atoms with Crippen LogP contribution < -0.4 is 0 Å². The number of allylic oxidation sites excluding steroid dienone is 2. The molecule has 0 aliphatic heterocycles. The van der Waals surface area contributed by atoms with E-state index in [1.807, 2.05) is 0 Å². The average molecular weight is 861 g/mol. The van der Waals surface area contributed by atoms with Gasteiger partial charge in [-0.1, -0.05) is 251 Å². The number of ether oxygens (including phenoxy) is 3. The fourth-order valence-corrected chi connectivity index (χ4v) is 8.14. The van der Waals surface area contributed by atoms with Gasteiger partial charge in [-0.05, 0) is 44.9 Å². The highest BCUT2D eigenvalue weighted by Gasteiger charge is 2.19. The Labute approximate surface area is 380 Å². The molecule has 0 aliphatic carbocycles. The van der Waals surface area contributed by atoms with Gasteiger partial charge in [0.2, 0.25) is 0 Å². The fraction of sp³-hybridized carbons (Fsp3) is 0.909. The van der Waals surface area contributed by atoms with Gasteiger partial charge in [0.1, 0.15) is 13.2 Å². The molecule has 360 valence electrons. The summed E-state index contributed by atoms with van der Waals surface area (Å²) >= 11 is 0. The van der Waals surface area contributed by atoms with Crippen LogP contribution in [0.3, 0.4) is 0 Å². The van der Waals surface area contributed by atoms with Gasteiger partial charge in [0.05, 0.1) is 0 Å². The molecule has 0 N–H and O–H groups in total. The number of carbonyl (C=O) groups excluding carboxylic acids is 3. The molecule has 0 aromatic carbocycles. The van der Waals surface area contributed by atoms with Crippen LogP contribution in [0.4, 0.5) is 0 Å². The summed E-state index contributed by atoms with van der Waals surface area (Å²) in [5, 5.41) is 0. The smallest absolute Gasteiger partial charge is 0.306 e. The monoisotopic (exact) mass is 861 g/mol. The molecular weight excluding hydrogens is 757 g/mol. The first-order valence-electron chi connectivity index (χ1n) is 27.2. The van der Waals surface area contributed by atoms with Crippen LogP contribution in [0.2, 0.25) is 0 Å². The third-order valence-electron chi connectivity index (χ3n) is 12.3. The van der Waals surface area contributed by atoms with E-state index in [1.54, 1.807) is 0 Å². The van der Waals surface area contributed by atoms with E-state index >= 15 is 0 Å². The Morgan fingerprint density at radius 1 is 0.311 bits per heavy atom. The maximum Gasteiger partial charge on any atom is 0.306 e. The lowest BCUT2D eigenvalue weighted by Crippen LogP contribution is -2.30. The molecule has 0 fully saturated rings. The van der Waals surface area contributed by atoms with Gasteiger partial charge in [-0.2, -0.15) is 0 Å². The van der Waals surface area contributed by atoms with Crippen molar-refractivity contribution in [2.45, 2.75) is 309 Å². The first-order chi connectivity index (χ1) is 30.0. The molecule has 0 saturated heterocycles. The van der Waals surface area contributed by atoms with E-state index < -0.39 is 6.10 Å². The highest BCUT2D eigenvalue weighted by Crippen LogP contribution is 2.16. The number of rotatable bonds is 50. The normalized spacial score (nSPS) is 12.0. The molecule has 6 heteroatoms. The van der Waals surface area contributed by atoms with Crippen molar-refractivity contribution in [1.82, 2.24) is 0 Å². The van der Waals surface area contributed by atoms with Crippen LogP contribution in [0.1, 0.15) is 303 Å². The summed E-state index contributed by atoms with van der Waals surface area (Å²) in [5.74, 6) is -0.860. The number of unbranched alkanes of at least 4 members (excludes halogenated alkanes) is 37. The highest BCUT2D eigenvalue weighted by molar-refractivity contribution is 5.71. The van der Waals surface area contributed by atoms with Gasteiger partial charge in [-0.15, -0.1) is 0 Å². The first-order valence-corrected chi connectivity index (χ1v) is 27.2. The Morgan fingerprint density at radius 2 is 0.541 bits per heavy atom. The van der Waals surface area contributed by atoms with Crippen LogP contribution >= 0.6 is 0 Å². The molecule has 0 aliphatic rings. The van der Waals surface area contributed by atoms with Crippen LogP contribution in [0.15, 0.2) is 12.2 Å². The molecule has 1 unspecified atom stereocenters. The Hall–Kier alpha value is -1.85. The van der Waals surface area contributed by atoms with E-state index in [9.17, 15) is 14.4 Å². The minimum atomic E-state index is -0.767. The highest BCUT2D eigenvalue weighted by atomic mass is 16.6. The van der Waals surface area contributed by atoms with Crippen molar-refractivity contribution in [2.24, 2.45) is 0 Å². The van der Waals surface area contributed by atoms with Gasteiger partial charge in [0.25, 0.3) is 0 Å². The van der Waals surface area contributed by atoms with E-state index in [0.717, 1.165) is 64.2 Å². The minimum Gasteiger partial charge on any atom is -0.462 e. The first kappa shape index (κ1) is 59.1. The maximum absolute atomic E-state index is 12.8. The second-order valence-electron chi connectivity index (χ2n) is 18.5. The van der Waals surface area contributed by atoms with Crippen LogP contribution in [0, 0.1) is 0 Å². The number of hydrogen-bond donors (Lipinski definition) is 0. The molecule has 6 nitrogen and oxygen atoms in total. The summed E-state index contributed by atoms with van der Waals surface area (Å²) in [4.78, 5) is 37.9. The summed E-state index contributed by atoms with van der Waals surface area (Å²) in [5.41, 5.74) is 0. The van der Waals surface area contributed by atoms with Crippen molar-refractivity contribution < 1.29 is 28.6 Å².